The van der Waals surface area contributed by atoms with Gasteiger partial charge < -0.3 is 10.2 Å². The number of anilines is 1. The van der Waals surface area contributed by atoms with Crippen LogP contribution in [0.1, 0.15) is 60.5 Å². The summed E-state index contributed by atoms with van der Waals surface area (Å²) >= 11 is 1.91. The van der Waals surface area contributed by atoms with Crippen LogP contribution in [0.5, 0.6) is 0 Å². The number of nitrogens with zero attached hydrogens (tertiary/aromatic N) is 4. The standard InChI is InChI=1S/C29H38N6S/c1-18(2)30-14-19(3)21(5)29-26-12-23-15-35(22(6)31-27(23)13-28(26)32-33-29)24-8-7-11-34(16-24)17-25-10-9-20(4)36-25/h9-10,12-14,19,21,24,31H,1,6-8,11,15-17H2,2-5H3,(H,32,33)/b30-14-/t19?,21?,24-/m1/s1. The molecule has 0 saturated carbocycles. The number of rotatable bonds is 7. The zero-order chi connectivity index (χ0) is 25.4. The lowest BCUT2D eigenvalue weighted by Crippen LogP contribution is -2.48. The van der Waals surface area contributed by atoms with Crippen molar-refractivity contribution in [3.63, 3.8) is 0 Å². The molecule has 7 heteroatoms. The number of piperidine rings is 1. The van der Waals surface area contributed by atoms with Gasteiger partial charge >= 0.3 is 0 Å². The Kier molecular flexibility index (Phi) is 7.04. The van der Waals surface area contributed by atoms with Crippen LogP contribution in [0.3, 0.4) is 0 Å². The maximum absolute atomic E-state index is 4.72. The van der Waals surface area contributed by atoms with Gasteiger partial charge in [-0.05, 0) is 69.0 Å². The first-order chi connectivity index (χ1) is 17.3. The Labute approximate surface area is 218 Å². The molecular formula is C29H38N6S. The second kappa shape index (κ2) is 10.2. The van der Waals surface area contributed by atoms with Crippen molar-refractivity contribution in [2.75, 3.05) is 18.4 Å². The number of allylic oxidation sites excluding steroid dienone is 1. The molecule has 0 radical (unpaired) electrons. The van der Waals surface area contributed by atoms with E-state index in [4.69, 9.17) is 5.10 Å². The van der Waals surface area contributed by atoms with Gasteiger partial charge in [0.2, 0.25) is 0 Å². The SMILES string of the molecule is C=C(C)/N=C\C(C)C(C)c1n[nH]c2cc3c(cc12)CN([C@@H]1CCCN(Cc2ccc(C)s2)C1)C(=C)N3. The molecule has 2 aliphatic heterocycles. The molecular weight excluding hydrogens is 464 g/mol. The number of fused-ring (bicyclic) bond motifs is 2. The van der Waals surface area contributed by atoms with Gasteiger partial charge in [0.25, 0.3) is 0 Å². The number of aromatic nitrogens is 2. The maximum atomic E-state index is 4.72. The molecule has 2 aromatic heterocycles. The van der Waals surface area contributed by atoms with Crippen LogP contribution in [-0.2, 0) is 13.1 Å². The lowest BCUT2D eigenvalue weighted by molar-refractivity contribution is 0.112. The number of thiophene rings is 1. The van der Waals surface area contributed by atoms with E-state index in [1.807, 2.05) is 24.5 Å². The number of hydrogen-bond acceptors (Lipinski definition) is 6. The predicted octanol–water partition coefficient (Wildman–Crippen LogP) is 6.64. The fourth-order valence-corrected chi connectivity index (χ4v) is 6.35. The van der Waals surface area contributed by atoms with Gasteiger partial charge in [0.15, 0.2) is 0 Å². The third kappa shape index (κ3) is 5.13. The lowest BCUT2D eigenvalue weighted by atomic mass is 9.91. The third-order valence-electron chi connectivity index (χ3n) is 7.63. The Morgan fingerprint density at radius 1 is 1.33 bits per heavy atom. The van der Waals surface area contributed by atoms with Crippen molar-refractivity contribution in [3.8, 4) is 0 Å². The largest absolute Gasteiger partial charge is 0.350 e. The number of likely N-dealkylation sites (tertiary alicyclic amines) is 1. The number of aryl methyl sites for hydroxylation is 1. The summed E-state index contributed by atoms with van der Waals surface area (Å²) in [7, 11) is 0. The van der Waals surface area contributed by atoms with Gasteiger partial charge in [-0.1, -0.05) is 27.0 Å². The van der Waals surface area contributed by atoms with Gasteiger partial charge in [-0.25, -0.2) is 0 Å². The van der Waals surface area contributed by atoms with Crippen LogP contribution in [0.2, 0.25) is 0 Å². The van der Waals surface area contributed by atoms with E-state index < -0.39 is 0 Å². The molecule has 6 nitrogen and oxygen atoms in total. The van der Waals surface area contributed by atoms with Crippen LogP contribution in [0.15, 0.2) is 53.9 Å². The number of benzene rings is 1. The van der Waals surface area contributed by atoms with Crippen molar-refractivity contribution in [1.29, 1.82) is 0 Å². The fourth-order valence-electron chi connectivity index (χ4n) is 5.42. The zero-order valence-electron chi connectivity index (χ0n) is 22.0. The minimum atomic E-state index is 0.246. The average Bonchev–Trinajstić information content (AvgIpc) is 3.45. The summed E-state index contributed by atoms with van der Waals surface area (Å²) in [5.41, 5.74) is 5.42. The van der Waals surface area contributed by atoms with E-state index in [0.29, 0.717) is 6.04 Å². The highest BCUT2D eigenvalue weighted by molar-refractivity contribution is 7.11. The predicted molar refractivity (Wildman–Crippen MR) is 153 cm³/mol. The average molecular weight is 503 g/mol. The molecule has 0 amide bonds. The molecule has 1 aromatic carbocycles. The molecule has 1 fully saturated rings. The maximum Gasteiger partial charge on any atom is 0.0989 e. The Bertz CT molecular complexity index is 1300. The van der Waals surface area contributed by atoms with E-state index in [-0.39, 0.29) is 11.8 Å². The van der Waals surface area contributed by atoms with E-state index in [1.165, 1.54) is 40.1 Å². The lowest BCUT2D eigenvalue weighted by Gasteiger charge is -2.43. The smallest absolute Gasteiger partial charge is 0.0989 e. The number of nitrogens with one attached hydrogen (secondary N) is 2. The topological polar surface area (TPSA) is 59.6 Å². The van der Waals surface area contributed by atoms with Gasteiger partial charge in [-0.3, -0.25) is 15.0 Å². The van der Waals surface area contributed by atoms with E-state index in [0.717, 1.165) is 48.1 Å². The normalized spacial score (nSPS) is 20.5. The van der Waals surface area contributed by atoms with Gasteiger partial charge in [0, 0.05) is 64.3 Å². The van der Waals surface area contributed by atoms with E-state index in [2.05, 4.69) is 83.4 Å². The number of aromatic amines is 1. The van der Waals surface area contributed by atoms with Gasteiger partial charge in [-0.2, -0.15) is 5.10 Å². The summed E-state index contributed by atoms with van der Waals surface area (Å²) in [6.07, 6.45) is 4.41. The summed E-state index contributed by atoms with van der Waals surface area (Å²) in [5, 5.41) is 12.8. The van der Waals surface area contributed by atoms with E-state index >= 15 is 0 Å². The van der Waals surface area contributed by atoms with Crippen LogP contribution < -0.4 is 5.32 Å². The van der Waals surface area contributed by atoms with Crippen LogP contribution in [0, 0.1) is 12.8 Å². The highest BCUT2D eigenvalue weighted by Gasteiger charge is 2.30. The quantitative estimate of drug-likeness (QED) is 0.356. The minimum Gasteiger partial charge on any atom is -0.350 e. The molecule has 1 saturated heterocycles. The fraction of sp³-hybridized carbons (Fsp3) is 0.448. The molecule has 36 heavy (non-hydrogen) atoms. The van der Waals surface area contributed by atoms with Crippen molar-refractivity contribution in [2.24, 2.45) is 10.9 Å². The van der Waals surface area contributed by atoms with Crippen molar-refractivity contribution in [3.05, 3.63) is 70.0 Å². The Morgan fingerprint density at radius 3 is 2.92 bits per heavy atom. The van der Waals surface area contributed by atoms with Crippen molar-refractivity contribution in [2.45, 2.75) is 65.6 Å². The molecule has 0 aliphatic carbocycles. The molecule has 190 valence electrons. The molecule has 2 N–H and O–H groups in total. The molecule has 0 bridgehead atoms. The van der Waals surface area contributed by atoms with Gasteiger partial charge in [-0.15, -0.1) is 11.3 Å². The van der Waals surface area contributed by atoms with Crippen molar-refractivity contribution in [1.82, 2.24) is 20.0 Å². The van der Waals surface area contributed by atoms with E-state index in [9.17, 15) is 0 Å². The molecule has 3 atom stereocenters. The number of aliphatic imine (C=N–C) groups is 1. The molecule has 0 spiro atoms. The molecule has 4 heterocycles. The summed E-state index contributed by atoms with van der Waals surface area (Å²) < 4.78 is 0. The molecule has 2 unspecified atom stereocenters. The first-order valence-electron chi connectivity index (χ1n) is 13.0. The van der Waals surface area contributed by atoms with Crippen molar-refractivity contribution >= 4 is 34.1 Å². The number of hydrogen-bond donors (Lipinski definition) is 2. The summed E-state index contributed by atoms with van der Waals surface area (Å²) in [5.74, 6) is 1.51. The molecule has 3 aromatic rings. The zero-order valence-corrected chi connectivity index (χ0v) is 22.8. The highest BCUT2D eigenvalue weighted by atomic mass is 32.1. The molecule has 5 rings (SSSR count). The van der Waals surface area contributed by atoms with Crippen LogP contribution in [0.25, 0.3) is 10.9 Å². The first-order valence-corrected chi connectivity index (χ1v) is 13.8. The third-order valence-corrected chi connectivity index (χ3v) is 8.61. The van der Waals surface area contributed by atoms with Crippen LogP contribution >= 0.6 is 11.3 Å². The van der Waals surface area contributed by atoms with Gasteiger partial charge in [0.1, 0.15) is 0 Å². The summed E-state index contributed by atoms with van der Waals surface area (Å²) in [4.78, 5) is 12.4. The van der Waals surface area contributed by atoms with Crippen LogP contribution in [-0.4, -0.2) is 45.3 Å². The second-order valence-corrected chi connectivity index (χ2v) is 11.9. The van der Waals surface area contributed by atoms with E-state index in [1.54, 1.807) is 0 Å². The second-order valence-electron chi connectivity index (χ2n) is 10.6. The first kappa shape index (κ1) is 24.8. The minimum absolute atomic E-state index is 0.246. The van der Waals surface area contributed by atoms with Crippen molar-refractivity contribution < 1.29 is 0 Å². The Hall–Kier alpha value is -2.90. The molecule has 2 aliphatic rings. The van der Waals surface area contributed by atoms with Gasteiger partial charge in [0.05, 0.1) is 17.0 Å². The Morgan fingerprint density at radius 2 is 2.17 bits per heavy atom. The highest BCUT2D eigenvalue weighted by Crippen LogP contribution is 2.36. The monoisotopic (exact) mass is 502 g/mol. The Balaban J connectivity index is 1.35. The number of H-pyrrole nitrogens is 1. The summed E-state index contributed by atoms with van der Waals surface area (Å²) in [6, 6.07) is 9.49. The van der Waals surface area contributed by atoms with Crippen LogP contribution in [0.4, 0.5) is 5.69 Å². The summed E-state index contributed by atoms with van der Waals surface area (Å²) in [6.45, 7) is 21.0.